The molecule has 0 spiro atoms. The Morgan fingerprint density at radius 1 is 0.798 bits per heavy atom. The minimum atomic E-state index is -4.63. The number of amides is 3. The summed E-state index contributed by atoms with van der Waals surface area (Å²) >= 11 is 0. The Labute approximate surface area is 498 Å². The topological polar surface area (TPSA) is 255 Å². The standard InChI is InChI=1S/C64H88N4O13S3/c1-46-27-32-51(45-50(46)31-30-49-21-16-38-64(5)55(35-36-56(49)64)47(2)19-15-37-63(3,4)72)81-62(71)66-40-13-7-6-12-39-65-59(69)26-14-20-48-28-33-52(34-29-48)84(79,80)68(42-18-44-83(76,77)78)61(70)60-53-22-8-10-24-57(53)67(41-17-43-82(73,74)75)58-25-11-9-23-54(58)60/h8-11,22-25,28-31,33-34,47,51,55-56,72H,1,6-7,12-21,26-27,32,35-45H2,2-5H3,(H3-,65,66,69,71,73,74,75,76,77,78)/p+1/b49-30+,50-31-/t47-,51+,55-,56+,64-/m1/s1. The number of fused-ring (bicyclic) bond motifs is 3. The van der Waals surface area contributed by atoms with Crippen molar-refractivity contribution in [1.82, 2.24) is 14.9 Å². The first kappa shape index (κ1) is 66.0. The summed E-state index contributed by atoms with van der Waals surface area (Å²) in [6.07, 6.45) is 19.5. The molecule has 0 radical (unpaired) electrons. The highest BCUT2D eigenvalue weighted by atomic mass is 32.2. The molecule has 0 saturated heterocycles. The summed E-state index contributed by atoms with van der Waals surface area (Å²) in [5, 5.41) is 16.8. The lowest BCUT2D eigenvalue weighted by Gasteiger charge is -2.44. The first-order valence-electron chi connectivity index (χ1n) is 30.1. The van der Waals surface area contributed by atoms with Crippen LogP contribution in [0.3, 0.4) is 0 Å². The number of sulfonamides is 1. The smallest absolute Gasteiger partial charge is 0.407 e. The Morgan fingerprint density at radius 3 is 2.07 bits per heavy atom. The number of unbranched alkanes of at least 4 members (excludes halogenated alkanes) is 3. The summed E-state index contributed by atoms with van der Waals surface area (Å²) in [6.45, 7) is 13.7. The lowest BCUT2D eigenvalue weighted by molar-refractivity contribution is -0.645. The van der Waals surface area contributed by atoms with Gasteiger partial charge in [-0.25, -0.2) is 17.5 Å². The number of carbonyl (C=O) groups excluding carboxylic acids is 3. The van der Waals surface area contributed by atoms with E-state index in [1.165, 1.54) is 43.4 Å². The van der Waals surface area contributed by atoms with Gasteiger partial charge < -0.3 is 20.5 Å². The fourth-order valence-electron chi connectivity index (χ4n) is 13.3. The maximum absolute atomic E-state index is 14.8. The number of nitrogens with zero attached hydrogens (tertiary/aromatic N) is 2. The molecule has 84 heavy (non-hydrogen) atoms. The van der Waals surface area contributed by atoms with E-state index < -0.39 is 72.3 Å². The molecule has 3 saturated carbocycles. The number of nitrogens with one attached hydrogen (secondary N) is 2. The third-order valence-corrected chi connectivity index (χ3v) is 21.0. The molecule has 5 atom stereocenters. The molecule has 0 aliphatic heterocycles. The number of allylic oxidation sites excluding steroid dienone is 4. The van der Waals surface area contributed by atoms with Crippen molar-refractivity contribution in [2.75, 3.05) is 31.1 Å². The van der Waals surface area contributed by atoms with Gasteiger partial charge in [-0.05, 0) is 156 Å². The number of aliphatic hydroxyl groups is 1. The highest BCUT2D eigenvalue weighted by molar-refractivity contribution is 7.89. The van der Waals surface area contributed by atoms with Crippen LogP contribution in [0.1, 0.15) is 166 Å². The quantitative estimate of drug-likeness (QED) is 0.0147. The molecule has 3 fully saturated rings. The fraction of sp³-hybridized carbons (Fsp3) is 0.562. The van der Waals surface area contributed by atoms with Crippen LogP contribution >= 0.6 is 0 Å². The van der Waals surface area contributed by atoms with Gasteiger partial charge in [0, 0.05) is 51.0 Å². The average Bonchev–Trinajstić information content (AvgIpc) is 1.21. The monoisotopic (exact) mass is 1220 g/mol. The molecule has 5 N–H and O–H groups in total. The van der Waals surface area contributed by atoms with Crippen molar-refractivity contribution < 1.29 is 63.2 Å². The molecule has 3 amide bonds. The number of alkyl carbamates (subject to hydrolysis) is 1. The number of hydrogen-bond acceptors (Lipinski definition) is 11. The number of rotatable bonds is 29. The van der Waals surface area contributed by atoms with E-state index in [9.17, 15) is 53.8 Å². The third kappa shape index (κ3) is 18.3. The van der Waals surface area contributed by atoms with Gasteiger partial charge in [0.15, 0.2) is 6.54 Å². The molecule has 3 aliphatic carbocycles. The molecule has 0 unspecified atom stereocenters. The van der Waals surface area contributed by atoms with Crippen LogP contribution in [0.5, 0.6) is 0 Å². The molecule has 7 rings (SSSR count). The van der Waals surface area contributed by atoms with Gasteiger partial charge in [-0.1, -0.05) is 106 Å². The number of ether oxygens (including phenoxy) is 1. The summed E-state index contributed by atoms with van der Waals surface area (Å²) in [5.74, 6) is -0.420. The Morgan fingerprint density at radius 2 is 1.43 bits per heavy atom. The highest BCUT2D eigenvalue weighted by Gasteiger charge is 2.50. The van der Waals surface area contributed by atoms with Crippen molar-refractivity contribution in [3.05, 3.63) is 119 Å². The van der Waals surface area contributed by atoms with E-state index in [4.69, 9.17) is 4.74 Å². The third-order valence-electron chi connectivity index (χ3n) is 17.6. The summed E-state index contributed by atoms with van der Waals surface area (Å²) in [5.41, 5.74) is 5.29. The number of aromatic nitrogens is 1. The summed E-state index contributed by atoms with van der Waals surface area (Å²) in [4.78, 5) is 40.2. The van der Waals surface area contributed by atoms with Crippen molar-refractivity contribution in [3.63, 3.8) is 0 Å². The van der Waals surface area contributed by atoms with Crippen molar-refractivity contribution in [3.8, 4) is 0 Å². The molecule has 4 aromatic rings. The molecule has 0 bridgehead atoms. The molecule has 17 nitrogen and oxygen atoms in total. The van der Waals surface area contributed by atoms with Crippen molar-refractivity contribution >= 4 is 70.0 Å². The predicted molar refractivity (Wildman–Crippen MR) is 328 cm³/mol. The van der Waals surface area contributed by atoms with Crippen LogP contribution in [0.15, 0.2) is 113 Å². The van der Waals surface area contributed by atoms with Gasteiger partial charge in [0.05, 0.1) is 38.3 Å². The second kappa shape index (κ2) is 29.3. The minimum Gasteiger partial charge on any atom is -0.446 e. The molecule has 1 heterocycles. The Balaban J connectivity index is 0.827. The first-order chi connectivity index (χ1) is 39.7. The zero-order valence-corrected chi connectivity index (χ0v) is 52.0. The zero-order chi connectivity index (χ0) is 60.9. The normalized spacial score (nSPS) is 20.9. The largest absolute Gasteiger partial charge is 0.446 e. The molecular formula is C64H89N4O13S3+. The van der Waals surface area contributed by atoms with Crippen LogP contribution in [0, 0.1) is 23.2 Å². The number of pyridine rings is 1. The van der Waals surface area contributed by atoms with Gasteiger partial charge in [0.25, 0.3) is 36.2 Å². The van der Waals surface area contributed by atoms with Gasteiger partial charge in [0.2, 0.25) is 16.9 Å². The van der Waals surface area contributed by atoms with Gasteiger partial charge in [-0.3, -0.25) is 18.7 Å². The molecule has 1 aromatic heterocycles. The summed E-state index contributed by atoms with van der Waals surface area (Å²) in [7, 11) is -13.4. The first-order valence-corrected chi connectivity index (χ1v) is 34.8. The van der Waals surface area contributed by atoms with Crippen LogP contribution in [0.25, 0.3) is 21.8 Å². The molecular weight excluding hydrogens is 1130 g/mol. The fourth-order valence-corrected chi connectivity index (χ4v) is 15.7. The summed E-state index contributed by atoms with van der Waals surface area (Å²) < 4.78 is 103. The van der Waals surface area contributed by atoms with E-state index >= 15 is 0 Å². The Hall–Kier alpha value is -5.51. The summed E-state index contributed by atoms with van der Waals surface area (Å²) in [6, 6.07) is 19.4. The number of hydrogen-bond donors (Lipinski definition) is 5. The van der Waals surface area contributed by atoms with Crippen LogP contribution in [-0.4, -0.2) is 105 Å². The van der Waals surface area contributed by atoms with Gasteiger partial charge in [0.1, 0.15) is 6.10 Å². The average molecular weight is 1220 g/mol. The van der Waals surface area contributed by atoms with E-state index in [0.717, 1.165) is 75.3 Å². The zero-order valence-electron chi connectivity index (χ0n) is 49.5. The number of para-hydroxylation sites is 2. The van der Waals surface area contributed by atoms with Crippen LogP contribution < -0.4 is 15.2 Å². The molecule has 20 heteroatoms. The van der Waals surface area contributed by atoms with Crippen LogP contribution in [0.2, 0.25) is 0 Å². The molecule has 3 aromatic carbocycles. The SMILES string of the molecule is C=C1CC[C@H](OC(=O)NCCCCCCNC(=O)CCCc2ccc(S(=O)(=O)N(CCCS(=O)(=O)O)C(=O)c3c4ccccc4[n+](CCCS(=O)(=O)O)c4ccccc34)cc2)C/C1=C/C=C1\CCC[C@]2(C)[C@@H]([C@H](C)CCCC(C)(C)O)CC[C@@H]12. The minimum absolute atomic E-state index is 0.0172. The van der Waals surface area contributed by atoms with Gasteiger partial charge in [-0.15, -0.1) is 0 Å². The Bertz CT molecular complexity index is 3340. The van der Waals surface area contributed by atoms with Crippen LogP contribution in [-0.2, 0) is 52.8 Å². The highest BCUT2D eigenvalue weighted by Crippen LogP contribution is 2.60. The molecule has 460 valence electrons. The van der Waals surface area contributed by atoms with E-state index in [0.29, 0.717) is 81.6 Å². The lowest BCUT2D eigenvalue weighted by atomic mass is 9.60. The second-order valence-electron chi connectivity index (χ2n) is 24.5. The number of aryl methyl sites for hydroxylation is 2. The maximum Gasteiger partial charge on any atom is 0.407 e. The van der Waals surface area contributed by atoms with E-state index in [1.54, 1.807) is 70.8 Å². The lowest BCUT2D eigenvalue weighted by Crippen LogP contribution is -2.41. The Kier molecular flexibility index (Phi) is 23.0. The van der Waals surface area contributed by atoms with Crippen molar-refractivity contribution in [2.45, 2.75) is 179 Å². The van der Waals surface area contributed by atoms with Crippen molar-refractivity contribution in [1.29, 1.82) is 0 Å². The van der Waals surface area contributed by atoms with Crippen molar-refractivity contribution in [2.24, 2.45) is 23.2 Å². The molecule has 3 aliphatic rings. The van der Waals surface area contributed by atoms with E-state index in [1.807, 2.05) is 13.8 Å². The maximum atomic E-state index is 14.8. The predicted octanol–water partition coefficient (Wildman–Crippen LogP) is 11.1. The number of carbonyl (C=O) groups is 3. The van der Waals surface area contributed by atoms with Gasteiger partial charge in [-0.2, -0.15) is 21.4 Å². The van der Waals surface area contributed by atoms with Gasteiger partial charge >= 0.3 is 6.09 Å². The van der Waals surface area contributed by atoms with E-state index in [-0.39, 0.29) is 41.9 Å². The number of benzene rings is 3. The van der Waals surface area contributed by atoms with E-state index in [2.05, 4.69) is 43.2 Å². The van der Waals surface area contributed by atoms with Crippen LogP contribution in [0.4, 0.5) is 4.79 Å². The second-order valence-corrected chi connectivity index (χ2v) is 29.5.